The van der Waals surface area contributed by atoms with Gasteiger partial charge >= 0.3 is 6.09 Å². The maximum atomic E-state index is 12.2. The lowest BCUT2D eigenvalue weighted by molar-refractivity contribution is -0.123. The van der Waals surface area contributed by atoms with Crippen LogP contribution in [0.15, 0.2) is 9.81 Å². The van der Waals surface area contributed by atoms with Gasteiger partial charge in [-0.1, -0.05) is 0 Å². The number of alkyl carbamates (subject to hydrolysis) is 1. The van der Waals surface area contributed by atoms with Gasteiger partial charge in [0.15, 0.2) is 0 Å². The first-order chi connectivity index (χ1) is 12.2. The average Bonchev–Trinajstić information content (AvgIpc) is 2.95. The predicted molar refractivity (Wildman–Crippen MR) is 106 cm³/mol. The second-order valence-electron chi connectivity index (χ2n) is 7.63. The van der Waals surface area contributed by atoms with Crippen molar-refractivity contribution >= 4 is 41.8 Å². The van der Waals surface area contributed by atoms with Crippen LogP contribution in [0.25, 0.3) is 0 Å². The quantitative estimate of drug-likeness (QED) is 0.706. The molecule has 0 spiro atoms. The number of hydrogen-bond donors (Lipinski definition) is 2. The fourth-order valence-corrected chi connectivity index (χ4v) is 5.90. The number of hydrogen-bond acceptors (Lipinski definition) is 6. The molecule has 1 heterocycles. The maximum absolute atomic E-state index is 12.2. The van der Waals surface area contributed by atoms with Gasteiger partial charge in [0, 0.05) is 23.1 Å². The van der Waals surface area contributed by atoms with Crippen LogP contribution in [0.3, 0.4) is 0 Å². The lowest BCUT2D eigenvalue weighted by Crippen LogP contribution is -2.49. The molecular formula is C18H28N2O4S2. The molecule has 2 rings (SSSR count). The number of amides is 2. The molecule has 2 aliphatic rings. The summed E-state index contributed by atoms with van der Waals surface area (Å²) in [4.78, 5) is 35.3. The first-order valence-corrected chi connectivity index (χ1v) is 10.9. The minimum atomic E-state index is -0.621. The highest BCUT2D eigenvalue weighted by molar-refractivity contribution is 8.22. The zero-order chi connectivity index (χ0) is 19.3. The Morgan fingerprint density at radius 3 is 2.42 bits per heavy atom. The second-order valence-corrected chi connectivity index (χ2v) is 10.1. The number of carbonyl (C=O) groups is 3. The van der Waals surface area contributed by atoms with Crippen LogP contribution in [0.2, 0.25) is 0 Å². The van der Waals surface area contributed by atoms with Crippen LogP contribution in [0.1, 0.15) is 47.0 Å². The van der Waals surface area contributed by atoms with Crippen molar-refractivity contribution in [3.63, 3.8) is 0 Å². The number of thioether (sulfide) groups is 2. The van der Waals surface area contributed by atoms with Gasteiger partial charge in [-0.05, 0) is 57.1 Å². The van der Waals surface area contributed by atoms with Gasteiger partial charge in [0.1, 0.15) is 11.9 Å². The van der Waals surface area contributed by atoms with Gasteiger partial charge in [0.2, 0.25) is 5.91 Å². The van der Waals surface area contributed by atoms with E-state index in [9.17, 15) is 14.4 Å². The largest absolute Gasteiger partial charge is 0.444 e. The van der Waals surface area contributed by atoms with E-state index in [0.29, 0.717) is 12.8 Å². The molecule has 1 aliphatic carbocycles. The van der Waals surface area contributed by atoms with Gasteiger partial charge in [-0.3, -0.25) is 4.79 Å². The normalized spacial score (nSPS) is 24.8. The predicted octanol–water partition coefficient (Wildman–Crippen LogP) is 3.08. The zero-order valence-electron chi connectivity index (χ0n) is 15.8. The molecule has 146 valence electrons. The Kier molecular flexibility index (Phi) is 7.46. The SMILES string of the molecule is CC(=O)NC(C=O)[C@H]1CC(=C2SCCCS2)C[C@@H]1NC(=O)OC(C)(C)C. The first kappa shape index (κ1) is 21.2. The van der Waals surface area contributed by atoms with Gasteiger partial charge < -0.3 is 20.2 Å². The number of aldehydes is 1. The summed E-state index contributed by atoms with van der Waals surface area (Å²) < 4.78 is 6.68. The minimum absolute atomic E-state index is 0.172. The summed E-state index contributed by atoms with van der Waals surface area (Å²) in [6, 6.07) is -0.860. The molecule has 2 amide bonds. The highest BCUT2D eigenvalue weighted by atomic mass is 32.2. The number of nitrogens with one attached hydrogen (secondary N) is 2. The van der Waals surface area contributed by atoms with E-state index in [1.807, 2.05) is 44.3 Å². The highest BCUT2D eigenvalue weighted by Crippen LogP contribution is 2.44. The minimum Gasteiger partial charge on any atom is -0.444 e. The standard InChI is InChI=1S/C18H28N2O4S2/c1-11(22)19-15(10-21)13-8-12(16-25-6-5-7-26-16)9-14(13)20-17(23)24-18(2,3)4/h10,13-15H,5-9H2,1-4H3,(H,19,22)(H,20,23)/t13-,14-,15?/m0/s1. The Hall–Kier alpha value is -1.15. The van der Waals surface area contributed by atoms with E-state index < -0.39 is 17.7 Å². The molecule has 0 aromatic carbocycles. The van der Waals surface area contributed by atoms with Crippen LogP contribution in [-0.4, -0.2) is 47.5 Å². The molecule has 0 aromatic rings. The van der Waals surface area contributed by atoms with Crippen molar-refractivity contribution in [2.24, 2.45) is 5.92 Å². The van der Waals surface area contributed by atoms with Crippen LogP contribution < -0.4 is 10.6 Å². The van der Waals surface area contributed by atoms with Crippen molar-refractivity contribution in [2.75, 3.05) is 11.5 Å². The van der Waals surface area contributed by atoms with E-state index in [1.165, 1.54) is 23.2 Å². The van der Waals surface area contributed by atoms with Crippen molar-refractivity contribution in [1.29, 1.82) is 0 Å². The smallest absolute Gasteiger partial charge is 0.407 e. The Morgan fingerprint density at radius 1 is 1.23 bits per heavy atom. The number of carbonyl (C=O) groups excluding carboxylic acids is 3. The van der Waals surface area contributed by atoms with Gasteiger partial charge in [-0.15, -0.1) is 23.5 Å². The summed E-state index contributed by atoms with van der Waals surface area (Å²) in [6.07, 6.45) is 2.85. The molecule has 8 heteroatoms. The highest BCUT2D eigenvalue weighted by Gasteiger charge is 2.39. The van der Waals surface area contributed by atoms with E-state index in [2.05, 4.69) is 10.6 Å². The van der Waals surface area contributed by atoms with Gasteiger partial charge in [-0.25, -0.2) is 4.79 Å². The second kappa shape index (κ2) is 9.17. The molecule has 2 fully saturated rings. The van der Waals surface area contributed by atoms with Crippen molar-refractivity contribution in [2.45, 2.75) is 64.6 Å². The third-order valence-electron chi connectivity index (χ3n) is 4.19. The van der Waals surface area contributed by atoms with Crippen LogP contribution in [0, 0.1) is 5.92 Å². The Labute approximate surface area is 163 Å². The van der Waals surface area contributed by atoms with Crippen molar-refractivity contribution in [1.82, 2.24) is 10.6 Å². The van der Waals surface area contributed by atoms with Crippen LogP contribution in [-0.2, 0) is 14.3 Å². The molecule has 0 radical (unpaired) electrons. The molecule has 2 N–H and O–H groups in total. The molecule has 1 saturated heterocycles. The summed E-state index contributed by atoms with van der Waals surface area (Å²) in [7, 11) is 0. The molecule has 26 heavy (non-hydrogen) atoms. The molecular weight excluding hydrogens is 372 g/mol. The monoisotopic (exact) mass is 400 g/mol. The average molecular weight is 401 g/mol. The van der Waals surface area contributed by atoms with Gasteiger partial charge in [-0.2, -0.15) is 0 Å². The van der Waals surface area contributed by atoms with Crippen molar-refractivity contribution in [3.8, 4) is 0 Å². The molecule has 1 saturated carbocycles. The maximum Gasteiger partial charge on any atom is 0.407 e. The number of ether oxygens (including phenoxy) is 1. The fourth-order valence-electron chi connectivity index (χ4n) is 3.20. The first-order valence-electron chi connectivity index (χ1n) is 8.89. The van der Waals surface area contributed by atoms with E-state index >= 15 is 0 Å². The summed E-state index contributed by atoms with van der Waals surface area (Å²) in [5, 5.41) is 5.63. The molecule has 1 aliphatic heterocycles. The topological polar surface area (TPSA) is 84.5 Å². The number of rotatable bonds is 4. The van der Waals surface area contributed by atoms with Crippen LogP contribution >= 0.6 is 23.5 Å². The van der Waals surface area contributed by atoms with Crippen LogP contribution in [0.4, 0.5) is 4.79 Å². The third kappa shape index (κ3) is 6.23. The van der Waals surface area contributed by atoms with Crippen molar-refractivity contribution in [3.05, 3.63) is 9.81 Å². The Balaban J connectivity index is 2.17. The molecule has 1 unspecified atom stereocenters. The summed E-state index contributed by atoms with van der Waals surface area (Å²) in [5.41, 5.74) is 0.680. The molecule has 3 atom stereocenters. The van der Waals surface area contributed by atoms with Crippen molar-refractivity contribution < 1.29 is 19.1 Å². The summed E-state index contributed by atoms with van der Waals surface area (Å²) in [5.74, 6) is 1.78. The van der Waals surface area contributed by atoms with Gasteiger partial charge in [0.25, 0.3) is 0 Å². The van der Waals surface area contributed by atoms with E-state index in [1.54, 1.807) is 0 Å². The third-order valence-corrected chi connectivity index (χ3v) is 6.98. The van der Waals surface area contributed by atoms with E-state index in [0.717, 1.165) is 17.8 Å². The van der Waals surface area contributed by atoms with Gasteiger partial charge in [0.05, 0.1) is 6.04 Å². The molecule has 0 aromatic heterocycles. The summed E-state index contributed by atoms with van der Waals surface area (Å²) in [6.45, 7) is 6.83. The molecule has 0 bridgehead atoms. The Bertz CT molecular complexity index is 578. The Morgan fingerprint density at radius 2 is 1.88 bits per heavy atom. The fraction of sp³-hybridized carbons (Fsp3) is 0.722. The van der Waals surface area contributed by atoms with E-state index in [-0.39, 0.29) is 17.9 Å². The van der Waals surface area contributed by atoms with Crippen LogP contribution in [0.5, 0.6) is 0 Å². The lowest BCUT2D eigenvalue weighted by atomic mass is 9.95. The zero-order valence-corrected chi connectivity index (χ0v) is 17.4. The summed E-state index contributed by atoms with van der Waals surface area (Å²) >= 11 is 3.70. The molecule has 6 nitrogen and oxygen atoms in total. The lowest BCUT2D eigenvalue weighted by Gasteiger charge is -2.27. The van der Waals surface area contributed by atoms with E-state index in [4.69, 9.17) is 4.74 Å².